The number of piperidine rings is 1. The van der Waals surface area contributed by atoms with Crippen molar-refractivity contribution in [2.75, 3.05) is 26.2 Å². The molecule has 3 aromatic heterocycles. The molecule has 0 bridgehead atoms. The molecular weight excluding hydrogens is 322 g/mol. The lowest BCUT2D eigenvalue weighted by atomic mass is 10.1. The zero-order chi connectivity index (χ0) is 17.4. The molecular formula is C17H21N5O3. The molecule has 1 aliphatic rings. The Kier molecular flexibility index (Phi) is 4.04. The van der Waals surface area contributed by atoms with E-state index in [0.29, 0.717) is 13.2 Å². The lowest BCUT2D eigenvalue weighted by Crippen LogP contribution is -2.42. The van der Waals surface area contributed by atoms with Gasteiger partial charge in [0.05, 0.1) is 36.4 Å². The topological polar surface area (TPSA) is 96.0 Å². The van der Waals surface area contributed by atoms with Gasteiger partial charge in [-0.1, -0.05) is 0 Å². The summed E-state index contributed by atoms with van der Waals surface area (Å²) in [5.41, 5.74) is 2.24. The first-order chi connectivity index (χ1) is 12.2. The first-order valence-electron chi connectivity index (χ1n) is 8.61. The molecule has 2 N–H and O–H groups in total. The fraction of sp³-hybridized carbons (Fsp3) is 0.471. The zero-order valence-corrected chi connectivity index (χ0v) is 14.1. The molecule has 132 valence electrons. The SMILES string of the molecule is CCOC(=O)CN1CCC[C@@H](n2c(=O)[nH]c3cnc4[nH]ccc4c32)C1. The Balaban J connectivity index is 1.69. The van der Waals surface area contributed by atoms with Gasteiger partial charge in [-0.2, -0.15) is 0 Å². The minimum atomic E-state index is -0.216. The Labute approximate surface area is 143 Å². The second kappa shape index (κ2) is 6.36. The van der Waals surface area contributed by atoms with Crippen molar-refractivity contribution in [1.29, 1.82) is 0 Å². The summed E-state index contributed by atoms with van der Waals surface area (Å²) in [5, 5.41) is 0.929. The number of H-pyrrole nitrogens is 2. The van der Waals surface area contributed by atoms with Gasteiger partial charge in [0.2, 0.25) is 0 Å². The molecule has 0 spiro atoms. The lowest BCUT2D eigenvalue weighted by molar-refractivity contribution is -0.144. The Hall–Kier alpha value is -2.61. The van der Waals surface area contributed by atoms with Crippen molar-refractivity contribution in [1.82, 2.24) is 24.4 Å². The monoisotopic (exact) mass is 343 g/mol. The number of nitrogens with one attached hydrogen (secondary N) is 2. The molecule has 8 heteroatoms. The van der Waals surface area contributed by atoms with Crippen molar-refractivity contribution in [3.8, 4) is 0 Å². The average Bonchev–Trinajstić information content (AvgIpc) is 3.18. The van der Waals surface area contributed by atoms with Gasteiger partial charge in [-0.25, -0.2) is 9.78 Å². The van der Waals surface area contributed by atoms with Gasteiger partial charge in [0.15, 0.2) is 0 Å². The summed E-state index contributed by atoms with van der Waals surface area (Å²) in [5.74, 6) is -0.216. The maximum Gasteiger partial charge on any atom is 0.326 e. The van der Waals surface area contributed by atoms with Crippen LogP contribution in [0.1, 0.15) is 25.8 Å². The smallest absolute Gasteiger partial charge is 0.326 e. The number of imidazole rings is 1. The van der Waals surface area contributed by atoms with Gasteiger partial charge in [-0.05, 0) is 32.4 Å². The van der Waals surface area contributed by atoms with Crippen molar-refractivity contribution in [2.24, 2.45) is 0 Å². The van der Waals surface area contributed by atoms with Gasteiger partial charge in [-0.15, -0.1) is 0 Å². The van der Waals surface area contributed by atoms with E-state index in [9.17, 15) is 9.59 Å². The van der Waals surface area contributed by atoms with Crippen LogP contribution in [0.15, 0.2) is 23.3 Å². The maximum absolute atomic E-state index is 12.6. The van der Waals surface area contributed by atoms with Crippen LogP contribution in [-0.2, 0) is 9.53 Å². The molecule has 1 atom stereocenters. The number of likely N-dealkylation sites (tertiary alicyclic amines) is 1. The summed E-state index contributed by atoms with van der Waals surface area (Å²) in [7, 11) is 0. The van der Waals surface area contributed by atoms with E-state index in [4.69, 9.17) is 4.74 Å². The normalized spacial score (nSPS) is 18.8. The van der Waals surface area contributed by atoms with Crippen LogP contribution in [0.5, 0.6) is 0 Å². The Bertz CT molecular complexity index is 970. The summed E-state index contributed by atoms with van der Waals surface area (Å²) < 4.78 is 6.87. The minimum absolute atomic E-state index is 0.0185. The van der Waals surface area contributed by atoms with Crippen LogP contribution in [0.25, 0.3) is 22.1 Å². The number of hydrogen-bond donors (Lipinski definition) is 2. The van der Waals surface area contributed by atoms with E-state index in [0.717, 1.165) is 41.5 Å². The number of carbonyl (C=O) groups is 1. The van der Waals surface area contributed by atoms with Gasteiger partial charge < -0.3 is 14.7 Å². The number of rotatable bonds is 4. The quantitative estimate of drug-likeness (QED) is 0.698. The summed E-state index contributed by atoms with van der Waals surface area (Å²) in [6.45, 7) is 3.95. The van der Waals surface area contributed by atoms with E-state index < -0.39 is 0 Å². The number of esters is 1. The van der Waals surface area contributed by atoms with E-state index in [1.807, 2.05) is 16.8 Å². The summed E-state index contributed by atoms with van der Waals surface area (Å²) in [6, 6.07) is 1.96. The summed E-state index contributed by atoms with van der Waals surface area (Å²) >= 11 is 0. The molecule has 1 saturated heterocycles. The third-order valence-electron chi connectivity index (χ3n) is 4.76. The molecule has 8 nitrogen and oxygen atoms in total. The minimum Gasteiger partial charge on any atom is -0.465 e. The van der Waals surface area contributed by atoms with Crippen molar-refractivity contribution in [2.45, 2.75) is 25.8 Å². The highest BCUT2D eigenvalue weighted by molar-refractivity contribution is 6.00. The maximum atomic E-state index is 12.6. The molecule has 4 heterocycles. The van der Waals surface area contributed by atoms with Crippen molar-refractivity contribution in [3.63, 3.8) is 0 Å². The number of pyridine rings is 1. The average molecular weight is 343 g/mol. The highest BCUT2D eigenvalue weighted by Crippen LogP contribution is 2.27. The van der Waals surface area contributed by atoms with Gasteiger partial charge >= 0.3 is 11.7 Å². The van der Waals surface area contributed by atoms with E-state index in [-0.39, 0.29) is 24.2 Å². The third kappa shape index (κ3) is 2.82. The highest BCUT2D eigenvalue weighted by Gasteiger charge is 2.26. The molecule has 0 amide bonds. The Morgan fingerprint density at radius 2 is 2.36 bits per heavy atom. The lowest BCUT2D eigenvalue weighted by Gasteiger charge is -2.32. The highest BCUT2D eigenvalue weighted by atomic mass is 16.5. The van der Waals surface area contributed by atoms with Crippen molar-refractivity contribution in [3.05, 3.63) is 28.9 Å². The van der Waals surface area contributed by atoms with E-state index in [2.05, 4.69) is 19.9 Å². The standard InChI is InChI=1S/C17H21N5O3/c1-2-25-14(23)10-21-7-3-4-11(9-21)22-15-12-5-6-18-16(12)19-8-13(15)20-17(22)24/h5-6,8,11H,2-4,7,9-10H2,1H3,(H,18,19)(H,20,24)/t11-/m1/s1. The summed E-state index contributed by atoms with van der Waals surface area (Å²) in [6.07, 6.45) is 5.35. The number of hydrogen-bond acceptors (Lipinski definition) is 5. The van der Waals surface area contributed by atoms with Crippen molar-refractivity contribution < 1.29 is 9.53 Å². The molecule has 0 radical (unpaired) electrons. The van der Waals surface area contributed by atoms with Crippen LogP contribution >= 0.6 is 0 Å². The largest absolute Gasteiger partial charge is 0.465 e. The van der Waals surface area contributed by atoms with E-state index >= 15 is 0 Å². The number of carbonyl (C=O) groups excluding carboxylic acids is 1. The number of aromatic nitrogens is 4. The van der Waals surface area contributed by atoms with Crippen LogP contribution < -0.4 is 5.69 Å². The van der Waals surface area contributed by atoms with Crippen LogP contribution in [-0.4, -0.2) is 56.6 Å². The molecule has 3 aromatic rings. The van der Waals surface area contributed by atoms with Gasteiger partial charge in [-0.3, -0.25) is 14.3 Å². The molecule has 1 fully saturated rings. The van der Waals surface area contributed by atoms with Crippen LogP contribution in [0, 0.1) is 0 Å². The van der Waals surface area contributed by atoms with Crippen LogP contribution in [0.4, 0.5) is 0 Å². The number of ether oxygens (including phenoxy) is 1. The number of nitrogens with zero attached hydrogens (tertiary/aromatic N) is 3. The fourth-order valence-corrected chi connectivity index (χ4v) is 3.74. The van der Waals surface area contributed by atoms with Gasteiger partial charge in [0.1, 0.15) is 5.65 Å². The predicted molar refractivity (Wildman–Crippen MR) is 93.6 cm³/mol. The van der Waals surface area contributed by atoms with Gasteiger partial charge in [0, 0.05) is 18.1 Å². The molecule has 0 aliphatic carbocycles. The third-order valence-corrected chi connectivity index (χ3v) is 4.76. The van der Waals surface area contributed by atoms with E-state index in [1.54, 1.807) is 13.1 Å². The number of fused-ring (bicyclic) bond motifs is 3. The molecule has 0 unspecified atom stereocenters. The zero-order valence-electron chi connectivity index (χ0n) is 14.1. The summed E-state index contributed by atoms with van der Waals surface area (Å²) in [4.78, 5) is 36.8. The van der Waals surface area contributed by atoms with E-state index in [1.165, 1.54) is 0 Å². The second-order valence-electron chi connectivity index (χ2n) is 6.40. The Morgan fingerprint density at radius 3 is 3.20 bits per heavy atom. The van der Waals surface area contributed by atoms with Gasteiger partial charge in [0.25, 0.3) is 0 Å². The molecule has 4 rings (SSSR count). The first-order valence-corrected chi connectivity index (χ1v) is 8.61. The molecule has 0 saturated carbocycles. The van der Waals surface area contributed by atoms with Crippen LogP contribution in [0.2, 0.25) is 0 Å². The fourth-order valence-electron chi connectivity index (χ4n) is 3.74. The second-order valence-corrected chi connectivity index (χ2v) is 6.40. The Morgan fingerprint density at radius 1 is 1.48 bits per heavy atom. The number of aromatic amines is 2. The predicted octanol–water partition coefficient (Wildman–Crippen LogP) is 1.41. The van der Waals surface area contributed by atoms with Crippen LogP contribution in [0.3, 0.4) is 0 Å². The van der Waals surface area contributed by atoms with Crippen molar-refractivity contribution >= 4 is 28.0 Å². The molecule has 25 heavy (non-hydrogen) atoms. The first kappa shape index (κ1) is 15.9. The molecule has 0 aromatic carbocycles. The molecule has 1 aliphatic heterocycles.